The van der Waals surface area contributed by atoms with Crippen molar-refractivity contribution in [2.24, 2.45) is 11.7 Å². The Labute approximate surface area is 172 Å². The lowest BCUT2D eigenvalue weighted by Crippen LogP contribution is -2.55. The zero-order chi connectivity index (χ0) is 20.1. The largest absolute Gasteiger partial charge is 0.497 e. The molecule has 0 unspecified atom stereocenters. The van der Waals surface area contributed by atoms with E-state index in [-0.39, 0.29) is 16.9 Å². The number of nitrogens with zero attached hydrogens (tertiary/aromatic N) is 2. The molecule has 0 saturated heterocycles. The van der Waals surface area contributed by atoms with Crippen LogP contribution in [-0.4, -0.2) is 18.1 Å². The summed E-state index contributed by atoms with van der Waals surface area (Å²) in [5.41, 5.74) is 8.63. The first kappa shape index (κ1) is 20.1. The van der Waals surface area contributed by atoms with E-state index in [0.29, 0.717) is 0 Å². The van der Waals surface area contributed by atoms with Gasteiger partial charge < -0.3 is 10.5 Å². The van der Waals surface area contributed by atoms with Crippen LogP contribution in [0.25, 0.3) is 0 Å². The van der Waals surface area contributed by atoms with Gasteiger partial charge in [0.05, 0.1) is 18.5 Å². The first-order chi connectivity index (χ1) is 13.5. The van der Waals surface area contributed by atoms with Crippen LogP contribution >= 0.6 is 12.2 Å². The van der Waals surface area contributed by atoms with Crippen LogP contribution in [0.2, 0.25) is 0 Å². The van der Waals surface area contributed by atoms with Gasteiger partial charge in [0.1, 0.15) is 5.75 Å². The van der Waals surface area contributed by atoms with Gasteiger partial charge in [0.15, 0.2) is 5.11 Å². The van der Waals surface area contributed by atoms with Crippen molar-refractivity contribution in [1.82, 2.24) is 0 Å². The fourth-order valence-electron chi connectivity index (χ4n) is 3.71. The van der Waals surface area contributed by atoms with E-state index in [1.54, 1.807) is 17.1 Å². The number of benzene rings is 2. The maximum atomic E-state index is 13.6. The number of nitrogens with two attached hydrogens (primary N) is 1. The highest BCUT2D eigenvalue weighted by Crippen LogP contribution is 2.32. The van der Waals surface area contributed by atoms with E-state index in [2.05, 4.69) is 0 Å². The van der Waals surface area contributed by atoms with Gasteiger partial charge in [-0.25, -0.2) is 10.0 Å². The number of thiocarbonyl (C=S) groups is 1. The van der Waals surface area contributed by atoms with Crippen molar-refractivity contribution in [2.45, 2.75) is 39.0 Å². The molecule has 1 saturated carbocycles. The summed E-state index contributed by atoms with van der Waals surface area (Å²) in [7, 11) is 1.62. The third kappa shape index (κ3) is 4.28. The Morgan fingerprint density at radius 2 is 1.68 bits per heavy atom. The molecule has 0 heterocycles. The predicted octanol–water partition coefficient (Wildman–Crippen LogP) is 4.58. The quantitative estimate of drug-likeness (QED) is 0.604. The topological polar surface area (TPSA) is 58.8 Å². The number of para-hydroxylation sites is 1. The third-order valence-electron chi connectivity index (χ3n) is 5.23. The van der Waals surface area contributed by atoms with Gasteiger partial charge in [-0.15, -0.1) is 0 Å². The van der Waals surface area contributed by atoms with Crippen LogP contribution in [0.1, 0.15) is 37.7 Å². The third-order valence-corrected chi connectivity index (χ3v) is 5.41. The molecule has 5 nitrogen and oxygen atoms in total. The summed E-state index contributed by atoms with van der Waals surface area (Å²) >= 11 is 5.38. The standard InChI is InChI=1S/C22H27N3O2S/c1-16-8-6-7-11-20(16)25(21(26)17-9-4-3-5-10-17)24(22(23)28)18-12-14-19(27-2)15-13-18/h6-8,11-15,17H,3-5,9-10H2,1-2H3,(H2,23,28). The maximum Gasteiger partial charge on any atom is 0.249 e. The number of carbonyl (C=O) groups is 1. The minimum absolute atomic E-state index is 0.0246. The van der Waals surface area contributed by atoms with E-state index in [1.165, 1.54) is 6.42 Å². The van der Waals surface area contributed by atoms with Crippen LogP contribution in [0.3, 0.4) is 0 Å². The van der Waals surface area contributed by atoms with Crippen LogP contribution in [0.4, 0.5) is 11.4 Å². The monoisotopic (exact) mass is 397 g/mol. The molecular formula is C22H27N3O2S. The Morgan fingerprint density at radius 3 is 2.25 bits per heavy atom. The van der Waals surface area contributed by atoms with Gasteiger partial charge in [0, 0.05) is 5.92 Å². The van der Waals surface area contributed by atoms with Gasteiger partial charge >= 0.3 is 0 Å². The molecule has 2 aromatic rings. The predicted molar refractivity (Wildman–Crippen MR) is 117 cm³/mol. The average Bonchev–Trinajstić information content (AvgIpc) is 2.73. The number of amides is 1. The Bertz CT molecular complexity index is 832. The highest BCUT2D eigenvalue weighted by atomic mass is 32.1. The molecule has 148 valence electrons. The van der Waals surface area contributed by atoms with Gasteiger partial charge in [-0.2, -0.15) is 0 Å². The number of methoxy groups -OCH3 is 1. The van der Waals surface area contributed by atoms with Crippen molar-refractivity contribution in [3.63, 3.8) is 0 Å². The smallest absolute Gasteiger partial charge is 0.249 e. The van der Waals surface area contributed by atoms with Crippen molar-refractivity contribution in [1.29, 1.82) is 0 Å². The Kier molecular flexibility index (Phi) is 6.52. The average molecular weight is 398 g/mol. The fourth-order valence-corrected chi connectivity index (χ4v) is 3.90. The zero-order valence-electron chi connectivity index (χ0n) is 16.4. The van der Waals surface area contributed by atoms with Crippen LogP contribution in [0.15, 0.2) is 48.5 Å². The molecule has 1 aliphatic rings. The molecule has 2 aromatic carbocycles. The molecule has 3 rings (SSSR count). The molecular weight excluding hydrogens is 370 g/mol. The van der Waals surface area contributed by atoms with Gasteiger partial charge in [-0.3, -0.25) is 4.79 Å². The molecule has 6 heteroatoms. The number of rotatable bonds is 4. The summed E-state index contributed by atoms with van der Waals surface area (Å²) in [6.07, 6.45) is 5.14. The van der Waals surface area contributed by atoms with E-state index in [9.17, 15) is 4.79 Å². The Balaban J connectivity index is 2.07. The lowest BCUT2D eigenvalue weighted by molar-refractivity contribution is -0.123. The second-order valence-corrected chi connectivity index (χ2v) is 7.54. The number of hydrogen-bond acceptors (Lipinski definition) is 3. The van der Waals surface area contributed by atoms with Crippen LogP contribution in [-0.2, 0) is 4.79 Å². The Morgan fingerprint density at radius 1 is 1.04 bits per heavy atom. The van der Waals surface area contributed by atoms with Gasteiger partial charge in [0.2, 0.25) is 5.91 Å². The lowest BCUT2D eigenvalue weighted by atomic mass is 9.88. The number of anilines is 2. The molecule has 0 aliphatic heterocycles. The number of ether oxygens (including phenoxy) is 1. The van der Waals surface area contributed by atoms with Gasteiger partial charge in [-0.1, -0.05) is 37.5 Å². The summed E-state index contributed by atoms with van der Waals surface area (Å²) in [6, 6.07) is 15.2. The number of hydrogen-bond donors (Lipinski definition) is 1. The van der Waals surface area contributed by atoms with Crippen molar-refractivity contribution in [3.05, 3.63) is 54.1 Å². The fraction of sp³-hybridized carbons (Fsp3) is 0.364. The van der Waals surface area contributed by atoms with E-state index < -0.39 is 0 Å². The highest BCUT2D eigenvalue weighted by Gasteiger charge is 2.33. The molecule has 0 radical (unpaired) electrons. The Hall–Kier alpha value is -2.60. The summed E-state index contributed by atoms with van der Waals surface area (Å²) in [5.74, 6) is 0.744. The summed E-state index contributed by atoms with van der Waals surface area (Å²) in [6.45, 7) is 1.99. The molecule has 0 atom stereocenters. The highest BCUT2D eigenvalue weighted by molar-refractivity contribution is 7.80. The first-order valence-electron chi connectivity index (χ1n) is 9.66. The minimum atomic E-state index is -0.0246. The van der Waals surface area contributed by atoms with Crippen LogP contribution in [0, 0.1) is 12.8 Å². The van der Waals surface area contributed by atoms with Crippen molar-refractivity contribution in [2.75, 3.05) is 17.1 Å². The molecule has 0 spiro atoms. The normalized spacial score (nSPS) is 14.4. The maximum absolute atomic E-state index is 13.6. The van der Waals surface area contributed by atoms with Crippen molar-refractivity contribution < 1.29 is 9.53 Å². The molecule has 0 aromatic heterocycles. The van der Waals surface area contributed by atoms with E-state index in [1.807, 2.05) is 55.5 Å². The summed E-state index contributed by atoms with van der Waals surface area (Å²) in [5, 5.41) is 3.42. The molecule has 1 amide bonds. The van der Waals surface area contributed by atoms with Crippen molar-refractivity contribution >= 4 is 34.6 Å². The second-order valence-electron chi connectivity index (χ2n) is 7.12. The van der Waals surface area contributed by atoms with Crippen LogP contribution in [0.5, 0.6) is 5.75 Å². The van der Waals surface area contributed by atoms with Crippen molar-refractivity contribution in [3.8, 4) is 5.75 Å². The lowest BCUT2D eigenvalue weighted by Gasteiger charge is -2.38. The van der Waals surface area contributed by atoms with E-state index in [0.717, 1.165) is 48.4 Å². The molecule has 0 bridgehead atoms. The summed E-state index contributed by atoms with van der Waals surface area (Å²) in [4.78, 5) is 13.6. The minimum Gasteiger partial charge on any atom is -0.497 e. The number of aryl methyl sites for hydroxylation is 1. The molecule has 2 N–H and O–H groups in total. The van der Waals surface area contributed by atoms with Gasteiger partial charge in [-0.05, 0) is 67.9 Å². The number of hydrazine groups is 1. The van der Waals surface area contributed by atoms with Crippen LogP contribution < -0.4 is 20.5 Å². The van der Waals surface area contributed by atoms with E-state index in [4.69, 9.17) is 22.7 Å². The van der Waals surface area contributed by atoms with E-state index >= 15 is 0 Å². The molecule has 28 heavy (non-hydrogen) atoms. The second kappa shape index (κ2) is 9.06. The molecule has 1 aliphatic carbocycles. The SMILES string of the molecule is COc1ccc(N(C(N)=S)N(C(=O)C2CCCCC2)c2ccccc2C)cc1. The zero-order valence-corrected chi connectivity index (χ0v) is 17.2. The summed E-state index contributed by atoms with van der Waals surface area (Å²) < 4.78 is 5.25. The number of carbonyl (C=O) groups excluding carboxylic acids is 1. The first-order valence-corrected chi connectivity index (χ1v) is 10.1. The van der Waals surface area contributed by atoms with Gasteiger partial charge in [0.25, 0.3) is 0 Å². The molecule has 1 fully saturated rings.